The number of carbonyl (C=O) groups excluding carboxylic acids is 1. The first kappa shape index (κ1) is 23.1. The van der Waals surface area contributed by atoms with Gasteiger partial charge in [-0.25, -0.2) is 4.98 Å². The van der Waals surface area contributed by atoms with Gasteiger partial charge < -0.3 is 24.0 Å². The van der Waals surface area contributed by atoms with E-state index in [2.05, 4.69) is 11.0 Å². The fourth-order valence-electron chi connectivity index (χ4n) is 4.67. The summed E-state index contributed by atoms with van der Waals surface area (Å²) < 4.78 is 16.9. The molecule has 5 rings (SSSR count). The van der Waals surface area contributed by atoms with E-state index in [1.54, 1.807) is 7.11 Å². The number of nitrogens with zero attached hydrogens (tertiary/aromatic N) is 3. The molecular formula is C26H31N3O4S. The summed E-state index contributed by atoms with van der Waals surface area (Å²) in [6.07, 6.45) is 2.11. The summed E-state index contributed by atoms with van der Waals surface area (Å²) in [7, 11) is 1.67. The van der Waals surface area contributed by atoms with Crippen LogP contribution in [-0.2, 0) is 16.0 Å². The molecule has 0 spiro atoms. The van der Waals surface area contributed by atoms with Gasteiger partial charge in [0.05, 0.1) is 36.8 Å². The van der Waals surface area contributed by atoms with Crippen LogP contribution in [0.5, 0.6) is 5.75 Å². The van der Waals surface area contributed by atoms with Gasteiger partial charge in [-0.2, -0.15) is 0 Å². The van der Waals surface area contributed by atoms with E-state index < -0.39 is 0 Å². The maximum Gasteiger partial charge on any atom is 0.264 e. The summed E-state index contributed by atoms with van der Waals surface area (Å²) in [5, 5.41) is 3.02. The number of hydrogen-bond acceptors (Lipinski definition) is 7. The highest BCUT2D eigenvalue weighted by Gasteiger charge is 2.27. The Balaban J connectivity index is 1.53. The molecule has 2 aliphatic rings. The number of aryl methyl sites for hydroxylation is 1. The molecule has 1 aromatic carbocycles. The molecule has 0 aliphatic carbocycles. The molecule has 0 unspecified atom stereocenters. The summed E-state index contributed by atoms with van der Waals surface area (Å²) in [5.74, 6) is 1.76. The van der Waals surface area contributed by atoms with E-state index in [0.717, 1.165) is 71.0 Å². The zero-order chi connectivity index (χ0) is 23.5. The maximum atomic E-state index is 13.7. The molecule has 1 atom stereocenters. The van der Waals surface area contributed by atoms with E-state index in [1.165, 1.54) is 11.3 Å². The van der Waals surface area contributed by atoms with Crippen molar-refractivity contribution in [1.29, 1.82) is 0 Å². The van der Waals surface area contributed by atoms with Crippen LogP contribution in [0.15, 0.2) is 35.7 Å². The number of thiophene rings is 1. The second-order valence-corrected chi connectivity index (χ2v) is 9.80. The van der Waals surface area contributed by atoms with Crippen molar-refractivity contribution in [3.63, 3.8) is 0 Å². The predicted molar refractivity (Wildman–Crippen MR) is 134 cm³/mol. The molecule has 0 N–H and O–H groups in total. The van der Waals surface area contributed by atoms with Gasteiger partial charge in [0.25, 0.3) is 5.91 Å². The lowest BCUT2D eigenvalue weighted by atomic mass is 10.1. The van der Waals surface area contributed by atoms with Crippen LogP contribution in [0.25, 0.3) is 10.9 Å². The van der Waals surface area contributed by atoms with Crippen LogP contribution in [0.4, 0.5) is 5.82 Å². The SMILES string of the molecule is COc1ccc2cc(CN(C[C@H]3CCCO3)C(=O)c3sccc3C)c(N3CCOCC3)nc2c1. The van der Waals surface area contributed by atoms with Crippen molar-refractivity contribution in [2.75, 3.05) is 51.5 Å². The van der Waals surface area contributed by atoms with E-state index in [1.807, 2.05) is 41.5 Å². The number of aromatic nitrogens is 1. The molecule has 1 amide bonds. The molecule has 7 nitrogen and oxygen atoms in total. The summed E-state index contributed by atoms with van der Waals surface area (Å²) in [6.45, 7) is 6.73. The number of amides is 1. The Morgan fingerprint density at radius 3 is 2.79 bits per heavy atom. The number of ether oxygens (including phenoxy) is 3. The quantitative estimate of drug-likeness (QED) is 0.502. The van der Waals surface area contributed by atoms with E-state index in [4.69, 9.17) is 19.2 Å². The predicted octanol–water partition coefficient (Wildman–Crippen LogP) is 4.27. The number of carbonyl (C=O) groups is 1. The Kier molecular flexibility index (Phi) is 6.99. The summed E-state index contributed by atoms with van der Waals surface area (Å²) in [6, 6.07) is 10.1. The molecule has 4 heterocycles. The van der Waals surface area contributed by atoms with Crippen molar-refractivity contribution in [2.24, 2.45) is 0 Å². The molecule has 3 aromatic rings. The van der Waals surface area contributed by atoms with Crippen LogP contribution in [0.1, 0.15) is 33.6 Å². The third kappa shape index (κ3) is 4.89. The normalized spacial score (nSPS) is 18.4. The van der Waals surface area contributed by atoms with E-state index in [-0.39, 0.29) is 12.0 Å². The largest absolute Gasteiger partial charge is 0.497 e. The first-order valence-corrected chi connectivity index (χ1v) is 12.8. The van der Waals surface area contributed by atoms with Crippen LogP contribution >= 0.6 is 11.3 Å². The first-order chi connectivity index (χ1) is 16.6. The van der Waals surface area contributed by atoms with E-state index in [9.17, 15) is 4.79 Å². The first-order valence-electron chi connectivity index (χ1n) is 11.9. The molecule has 0 bridgehead atoms. The molecule has 2 fully saturated rings. The van der Waals surface area contributed by atoms with Gasteiger partial charge in [-0.15, -0.1) is 11.3 Å². The van der Waals surface area contributed by atoms with E-state index >= 15 is 0 Å². The smallest absolute Gasteiger partial charge is 0.264 e. The molecule has 8 heteroatoms. The van der Waals surface area contributed by atoms with Crippen molar-refractivity contribution in [2.45, 2.75) is 32.4 Å². The van der Waals surface area contributed by atoms with Gasteiger partial charge in [-0.1, -0.05) is 0 Å². The number of anilines is 1. The average Bonchev–Trinajstić information content (AvgIpc) is 3.54. The molecular weight excluding hydrogens is 450 g/mol. The molecule has 0 radical (unpaired) electrons. The number of methoxy groups -OCH3 is 1. The number of fused-ring (bicyclic) bond motifs is 1. The Labute approximate surface area is 204 Å². The highest BCUT2D eigenvalue weighted by atomic mass is 32.1. The number of pyridine rings is 1. The van der Waals surface area contributed by atoms with Crippen molar-refractivity contribution >= 4 is 34.0 Å². The van der Waals surface area contributed by atoms with Gasteiger partial charge in [-0.05, 0) is 55.0 Å². The summed E-state index contributed by atoms with van der Waals surface area (Å²) in [5.41, 5.74) is 2.94. The van der Waals surface area contributed by atoms with Crippen molar-refractivity contribution in [1.82, 2.24) is 9.88 Å². The fourth-order valence-corrected chi connectivity index (χ4v) is 5.56. The van der Waals surface area contributed by atoms with Crippen molar-refractivity contribution in [3.8, 4) is 5.75 Å². The Morgan fingerprint density at radius 2 is 2.09 bits per heavy atom. The van der Waals surface area contributed by atoms with Crippen molar-refractivity contribution in [3.05, 3.63) is 51.7 Å². The molecule has 34 heavy (non-hydrogen) atoms. The molecule has 2 saturated heterocycles. The number of rotatable bonds is 7. The molecule has 0 saturated carbocycles. The van der Waals surface area contributed by atoms with Crippen LogP contribution < -0.4 is 9.64 Å². The Bertz CT molecular complexity index is 1150. The molecule has 2 aromatic heterocycles. The lowest BCUT2D eigenvalue weighted by Gasteiger charge is -2.32. The third-order valence-electron chi connectivity index (χ3n) is 6.54. The number of hydrogen-bond donors (Lipinski definition) is 0. The van der Waals surface area contributed by atoms with Gasteiger partial charge in [0, 0.05) is 49.8 Å². The topological polar surface area (TPSA) is 64.1 Å². The van der Waals surface area contributed by atoms with Gasteiger partial charge in [0.2, 0.25) is 0 Å². The highest BCUT2D eigenvalue weighted by molar-refractivity contribution is 7.12. The minimum Gasteiger partial charge on any atom is -0.497 e. The second kappa shape index (κ2) is 10.3. The molecule has 180 valence electrons. The summed E-state index contributed by atoms with van der Waals surface area (Å²) in [4.78, 5) is 23.7. The van der Waals surface area contributed by atoms with Crippen LogP contribution in [0.2, 0.25) is 0 Å². The van der Waals surface area contributed by atoms with Crippen LogP contribution in [-0.4, -0.2) is 68.5 Å². The van der Waals surface area contributed by atoms with Crippen molar-refractivity contribution < 1.29 is 19.0 Å². The van der Waals surface area contributed by atoms with Gasteiger partial charge >= 0.3 is 0 Å². The van der Waals surface area contributed by atoms with Gasteiger partial charge in [0.1, 0.15) is 11.6 Å². The Hall–Kier alpha value is -2.68. The zero-order valence-electron chi connectivity index (χ0n) is 19.8. The second-order valence-electron chi connectivity index (χ2n) is 8.88. The average molecular weight is 482 g/mol. The monoisotopic (exact) mass is 481 g/mol. The third-order valence-corrected chi connectivity index (χ3v) is 7.55. The minimum atomic E-state index is 0.0609. The lowest BCUT2D eigenvalue weighted by molar-refractivity contribution is 0.0510. The highest BCUT2D eigenvalue weighted by Crippen LogP contribution is 2.30. The van der Waals surface area contributed by atoms with Crippen LogP contribution in [0.3, 0.4) is 0 Å². The number of benzene rings is 1. The van der Waals surface area contributed by atoms with E-state index in [0.29, 0.717) is 26.3 Å². The minimum absolute atomic E-state index is 0.0609. The standard InChI is InChI=1S/C26H31N3O4S/c1-18-7-13-34-24(18)26(30)29(17-22-4-3-10-33-22)16-20-14-19-5-6-21(31-2)15-23(19)27-25(20)28-8-11-32-12-9-28/h5-7,13-15,22H,3-4,8-12,16-17H2,1-2H3/t22-/m1/s1. The lowest BCUT2D eigenvalue weighted by Crippen LogP contribution is -2.40. The van der Waals surface area contributed by atoms with Gasteiger partial charge in [-0.3, -0.25) is 4.79 Å². The summed E-state index contributed by atoms with van der Waals surface area (Å²) >= 11 is 1.50. The zero-order valence-corrected chi connectivity index (χ0v) is 20.6. The van der Waals surface area contributed by atoms with Crippen LogP contribution in [0, 0.1) is 6.92 Å². The molecule has 2 aliphatic heterocycles. The maximum absolute atomic E-state index is 13.7. The number of morpholine rings is 1. The fraction of sp³-hybridized carbons (Fsp3) is 0.462. The Morgan fingerprint density at radius 1 is 1.24 bits per heavy atom. The van der Waals surface area contributed by atoms with Gasteiger partial charge in [0.15, 0.2) is 0 Å².